The molecule has 0 aromatic heterocycles. The minimum atomic E-state index is -0.193. The topological polar surface area (TPSA) is 21.3 Å². The Kier molecular flexibility index (Phi) is 7.40. The van der Waals surface area contributed by atoms with Gasteiger partial charge in [-0.25, -0.2) is 4.39 Å². The van der Waals surface area contributed by atoms with Gasteiger partial charge in [0.15, 0.2) is 0 Å². The highest BCUT2D eigenvalue weighted by Gasteiger charge is 2.01. The Hall–Kier alpha value is -0.450. The fourth-order valence-electron chi connectivity index (χ4n) is 1.59. The molecule has 0 fully saturated rings. The maximum atomic E-state index is 12.9. The molecule has 0 bridgehead atoms. The molecular formula is C13H19BrFNO. The summed E-state index contributed by atoms with van der Waals surface area (Å²) in [6.07, 6.45) is 3.20. The third kappa shape index (κ3) is 6.15. The molecule has 4 heteroatoms. The van der Waals surface area contributed by atoms with E-state index in [1.54, 1.807) is 7.11 Å². The second kappa shape index (κ2) is 8.61. The third-order valence-electron chi connectivity index (χ3n) is 2.55. The molecule has 1 aromatic carbocycles. The largest absolute Gasteiger partial charge is 0.383 e. The molecule has 96 valence electrons. The number of aryl methyl sites for hydroxylation is 1. The molecule has 17 heavy (non-hydrogen) atoms. The van der Waals surface area contributed by atoms with Crippen molar-refractivity contribution in [2.45, 2.75) is 19.3 Å². The fraction of sp³-hybridized carbons (Fsp3) is 0.538. The first-order chi connectivity index (χ1) is 8.24. The van der Waals surface area contributed by atoms with Gasteiger partial charge in [-0.2, -0.15) is 0 Å². The van der Waals surface area contributed by atoms with E-state index in [1.165, 1.54) is 17.7 Å². The van der Waals surface area contributed by atoms with Crippen LogP contribution in [0.3, 0.4) is 0 Å². The summed E-state index contributed by atoms with van der Waals surface area (Å²) in [7, 11) is 1.70. The van der Waals surface area contributed by atoms with Gasteiger partial charge in [-0.05, 0) is 43.5 Å². The fourth-order valence-corrected chi connectivity index (χ4v) is 2.14. The van der Waals surface area contributed by atoms with Crippen LogP contribution in [0.25, 0.3) is 0 Å². The lowest BCUT2D eigenvalue weighted by atomic mass is 10.1. The van der Waals surface area contributed by atoms with E-state index in [4.69, 9.17) is 4.74 Å². The number of hydrogen-bond donors (Lipinski definition) is 1. The molecule has 1 aromatic rings. The van der Waals surface area contributed by atoms with Gasteiger partial charge >= 0.3 is 0 Å². The van der Waals surface area contributed by atoms with E-state index in [-0.39, 0.29) is 5.82 Å². The Bertz CT molecular complexity index is 333. The van der Waals surface area contributed by atoms with E-state index in [1.807, 2.05) is 6.07 Å². The Balaban J connectivity index is 2.14. The number of nitrogens with one attached hydrogen (secondary N) is 1. The smallest absolute Gasteiger partial charge is 0.124 e. The number of halogens is 2. The van der Waals surface area contributed by atoms with Crippen molar-refractivity contribution in [3.63, 3.8) is 0 Å². The monoisotopic (exact) mass is 303 g/mol. The highest BCUT2D eigenvalue weighted by atomic mass is 79.9. The van der Waals surface area contributed by atoms with Crippen LogP contribution in [0.5, 0.6) is 0 Å². The number of unbranched alkanes of at least 4 members (excludes halogenated alkanes) is 1. The quantitative estimate of drug-likeness (QED) is 0.745. The molecule has 0 amide bonds. The molecule has 2 nitrogen and oxygen atoms in total. The van der Waals surface area contributed by atoms with Gasteiger partial charge in [0, 0.05) is 18.1 Å². The second-order valence-electron chi connectivity index (χ2n) is 3.94. The van der Waals surface area contributed by atoms with Crippen LogP contribution < -0.4 is 5.32 Å². The van der Waals surface area contributed by atoms with Crippen molar-refractivity contribution in [1.29, 1.82) is 0 Å². The van der Waals surface area contributed by atoms with E-state index in [0.717, 1.165) is 43.4 Å². The van der Waals surface area contributed by atoms with Gasteiger partial charge in [-0.1, -0.05) is 22.0 Å². The summed E-state index contributed by atoms with van der Waals surface area (Å²) >= 11 is 3.38. The molecular weight excluding hydrogens is 285 g/mol. The van der Waals surface area contributed by atoms with Crippen molar-refractivity contribution in [2.75, 3.05) is 26.8 Å². The summed E-state index contributed by atoms with van der Waals surface area (Å²) in [6.45, 7) is 2.66. The average molecular weight is 304 g/mol. The van der Waals surface area contributed by atoms with Crippen molar-refractivity contribution in [2.24, 2.45) is 0 Å². The molecule has 0 aliphatic heterocycles. The average Bonchev–Trinajstić information content (AvgIpc) is 2.30. The van der Waals surface area contributed by atoms with E-state index in [0.29, 0.717) is 0 Å². The summed E-state index contributed by atoms with van der Waals surface area (Å²) < 4.78 is 18.7. The third-order valence-corrected chi connectivity index (χ3v) is 3.29. The highest BCUT2D eigenvalue weighted by molar-refractivity contribution is 9.10. The Morgan fingerprint density at radius 2 is 2.12 bits per heavy atom. The van der Waals surface area contributed by atoms with E-state index < -0.39 is 0 Å². The number of benzene rings is 1. The number of rotatable bonds is 8. The number of methoxy groups -OCH3 is 1. The second-order valence-corrected chi connectivity index (χ2v) is 4.79. The molecule has 0 atom stereocenters. The van der Waals surface area contributed by atoms with Crippen LogP contribution in [-0.4, -0.2) is 26.8 Å². The standard InChI is InChI=1S/C13H19BrFNO/c1-17-9-8-16-7-3-2-4-11-5-6-12(15)10-13(11)14/h5-6,10,16H,2-4,7-9H2,1H3. The van der Waals surface area contributed by atoms with Crippen molar-refractivity contribution < 1.29 is 9.13 Å². The van der Waals surface area contributed by atoms with Gasteiger partial charge in [-0.15, -0.1) is 0 Å². The Morgan fingerprint density at radius 1 is 1.29 bits per heavy atom. The molecule has 0 spiro atoms. The van der Waals surface area contributed by atoms with Gasteiger partial charge in [0.05, 0.1) is 6.61 Å². The van der Waals surface area contributed by atoms with Crippen LogP contribution in [0.2, 0.25) is 0 Å². The summed E-state index contributed by atoms with van der Waals surface area (Å²) in [5.41, 5.74) is 1.17. The molecule has 0 aliphatic carbocycles. The minimum absolute atomic E-state index is 0.193. The van der Waals surface area contributed by atoms with Crippen molar-refractivity contribution in [3.8, 4) is 0 Å². The zero-order valence-electron chi connectivity index (χ0n) is 10.1. The lowest BCUT2D eigenvalue weighted by Crippen LogP contribution is -2.20. The number of ether oxygens (including phenoxy) is 1. The molecule has 0 heterocycles. The summed E-state index contributed by atoms with van der Waals surface area (Å²) in [6, 6.07) is 4.88. The normalized spacial score (nSPS) is 10.8. The first kappa shape index (κ1) is 14.6. The predicted octanol–water partition coefficient (Wildman–Crippen LogP) is 3.15. The molecule has 0 saturated carbocycles. The van der Waals surface area contributed by atoms with Crippen LogP contribution in [0.1, 0.15) is 18.4 Å². The predicted molar refractivity (Wildman–Crippen MR) is 71.8 cm³/mol. The maximum absolute atomic E-state index is 12.9. The maximum Gasteiger partial charge on any atom is 0.124 e. The summed E-state index contributed by atoms with van der Waals surface area (Å²) in [4.78, 5) is 0. The lowest BCUT2D eigenvalue weighted by molar-refractivity contribution is 0.199. The highest BCUT2D eigenvalue weighted by Crippen LogP contribution is 2.19. The van der Waals surface area contributed by atoms with Gasteiger partial charge in [0.2, 0.25) is 0 Å². The first-order valence-corrected chi connectivity index (χ1v) is 6.67. The zero-order chi connectivity index (χ0) is 12.5. The van der Waals surface area contributed by atoms with Gasteiger partial charge in [-0.3, -0.25) is 0 Å². The zero-order valence-corrected chi connectivity index (χ0v) is 11.7. The van der Waals surface area contributed by atoms with Crippen LogP contribution in [0, 0.1) is 5.82 Å². The van der Waals surface area contributed by atoms with Crippen LogP contribution in [-0.2, 0) is 11.2 Å². The summed E-state index contributed by atoms with van der Waals surface area (Å²) in [5.74, 6) is -0.193. The SMILES string of the molecule is COCCNCCCCc1ccc(F)cc1Br. The Morgan fingerprint density at radius 3 is 2.82 bits per heavy atom. The van der Waals surface area contributed by atoms with Crippen LogP contribution in [0.4, 0.5) is 4.39 Å². The van der Waals surface area contributed by atoms with E-state index >= 15 is 0 Å². The number of hydrogen-bond acceptors (Lipinski definition) is 2. The van der Waals surface area contributed by atoms with Crippen molar-refractivity contribution in [1.82, 2.24) is 5.32 Å². The molecule has 0 aliphatic rings. The summed E-state index contributed by atoms with van der Waals surface area (Å²) in [5, 5.41) is 3.30. The van der Waals surface area contributed by atoms with Crippen LogP contribution >= 0.6 is 15.9 Å². The molecule has 1 rings (SSSR count). The van der Waals surface area contributed by atoms with Gasteiger partial charge in [0.25, 0.3) is 0 Å². The van der Waals surface area contributed by atoms with E-state index in [9.17, 15) is 4.39 Å². The molecule has 1 N–H and O–H groups in total. The molecule has 0 unspecified atom stereocenters. The van der Waals surface area contributed by atoms with Crippen molar-refractivity contribution in [3.05, 3.63) is 34.1 Å². The first-order valence-electron chi connectivity index (χ1n) is 5.87. The van der Waals surface area contributed by atoms with Crippen LogP contribution in [0.15, 0.2) is 22.7 Å². The van der Waals surface area contributed by atoms with Gasteiger partial charge < -0.3 is 10.1 Å². The minimum Gasteiger partial charge on any atom is -0.383 e. The van der Waals surface area contributed by atoms with Gasteiger partial charge in [0.1, 0.15) is 5.82 Å². The lowest BCUT2D eigenvalue weighted by Gasteiger charge is -2.06. The van der Waals surface area contributed by atoms with E-state index in [2.05, 4.69) is 21.2 Å². The van der Waals surface area contributed by atoms with Crippen molar-refractivity contribution >= 4 is 15.9 Å². The Labute approximate surface area is 111 Å². The molecule has 0 radical (unpaired) electrons. The molecule has 0 saturated heterocycles.